The summed E-state index contributed by atoms with van der Waals surface area (Å²) in [7, 11) is 0. The van der Waals surface area contributed by atoms with Crippen LogP contribution >= 0.6 is 11.3 Å². The highest BCUT2D eigenvalue weighted by Gasteiger charge is 2.29. The summed E-state index contributed by atoms with van der Waals surface area (Å²) in [5.74, 6) is -1.27. The Kier molecular flexibility index (Phi) is 5.61. The Morgan fingerprint density at radius 1 is 1.11 bits per heavy atom. The summed E-state index contributed by atoms with van der Waals surface area (Å²) in [6, 6.07) is 12.4. The lowest BCUT2D eigenvalue weighted by molar-refractivity contribution is 0.102. The summed E-state index contributed by atoms with van der Waals surface area (Å²) in [5.41, 5.74) is 2.75. The molecule has 4 aromatic heterocycles. The Morgan fingerprint density at radius 2 is 2.03 bits per heavy atom. The third-order valence-corrected chi connectivity index (χ3v) is 7.04. The van der Waals surface area contributed by atoms with E-state index in [1.54, 1.807) is 16.9 Å². The van der Waals surface area contributed by atoms with Crippen LogP contribution in [0, 0.1) is 11.6 Å². The summed E-state index contributed by atoms with van der Waals surface area (Å²) in [6.45, 7) is 0.688. The number of rotatable bonds is 5. The molecule has 1 aliphatic heterocycles. The van der Waals surface area contributed by atoms with E-state index in [1.165, 1.54) is 23.6 Å². The van der Waals surface area contributed by atoms with Crippen LogP contribution in [0.2, 0.25) is 0 Å². The fourth-order valence-electron chi connectivity index (χ4n) is 4.52. The van der Waals surface area contributed by atoms with Crippen molar-refractivity contribution >= 4 is 33.6 Å². The van der Waals surface area contributed by atoms with Crippen LogP contribution in [0.5, 0.6) is 0 Å². The topological polar surface area (TPSA) is 88.3 Å². The fourth-order valence-corrected chi connectivity index (χ4v) is 5.24. The Balaban J connectivity index is 1.28. The third kappa shape index (κ3) is 4.07. The monoisotopic (exact) mass is 503 g/mol. The van der Waals surface area contributed by atoms with Gasteiger partial charge in [-0.05, 0) is 55.3 Å². The number of nitrogens with zero attached hydrogens (tertiary/aromatic N) is 6. The molecule has 0 bridgehead atoms. The molecule has 180 valence electrons. The molecule has 1 N–H and O–H groups in total. The first-order valence-corrected chi connectivity index (χ1v) is 12.1. The number of nitrogens with one attached hydrogen (secondary N) is 1. The molecule has 1 aliphatic rings. The first-order valence-electron chi connectivity index (χ1n) is 11.3. The fraction of sp³-hybridized carbons (Fsp3) is 0.160. The van der Waals surface area contributed by atoms with Gasteiger partial charge in [0.15, 0.2) is 5.01 Å². The number of aromatic nitrogens is 5. The molecule has 5 heterocycles. The van der Waals surface area contributed by atoms with E-state index in [2.05, 4.69) is 25.6 Å². The molecule has 0 radical (unpaired) electrons. The maximum Gasteiger partial charge on any atom is 0.261 e. The quantitative estimate of drug-likeness (QED) is 0.358. The van der Waals surface area contributed by atoms with E-state index in [0.717, 1.165) is 24.2 Å². The van der Waals surface area contributed by atoms with Gasteiger partial charge in [0.25, 0.3) is 5.91 Å². The number of anilines is 2. The van der Waals surface area contributed by atoms with Crippen molar-refractivity contribution in [2.75, 3.05) is 16.8 Å². The maximum atomic E-state index is 14.5. The van der Waals surface area contributed by atoms with Gasteiger partial charge in [-0.1, -0.05) is 17.4 Å². The number of pyridine rings is 2. The average molecular weight is 504 g/mol. The van der Waals surface area contributed by atoms with E-state index in [0.29, 0.717) is 45.4 Å². The molecule has 0 unspecified atom stereocenters. The SMILES string of the molecule is O=C(Nc1nnc(-c2ccccn2)s1)c1cnn2ccc(N3CCC[C@@H]3c3cc(F)ccc3F)cc12. The molecule has 0 aliphatic carbocycles. The minimum absolute atomic E-state index is 0.297. The van der Waals surface area contributed by atoms with E-state index in [1.807, 2.05) is 35.2 Å². The van der Waals surface area contributed by atoms with Gasteiger partial charge in [0, 0.05) is 30.2 Å². The molecule has 1 amide bonds. The van der Waals surface area contributed by atoms with Crippen molar-refractivity contribution in [2.24, 2.45) is 0 Å². The number of hydrogen-bond acceptors (Lipinski definition) is 7. The zero-order chi connectivity index (χ0) is 24.6. The molecule has 5 aromatic rings. The summed E-state index contributed by atoms with van der Waals surface area (Å²) in [5, 5.41) is 16.2. The van der Waals surface area contributed by atoms with Crippen LogP contribution in [-0.2, 0) is 0 Å². The van der Waals surface area contributed by atoms with Crippen molar-refractivity contribution in [1.29, 1.82) is 0 Å². The van der Waals surface area contributed by atoms with Gasteiger partial charge in [0.05, 0.1) is 23.3 Å². The van der Waals surface area contributed by atoms with E-state index in [9.17, 15) is 13.6 Å². The van der Waals surface area contributed by atoms with Crippen molar-refractivity contribution in [3.63, 3.8) is 0 Å². The predicted octanol–water partition coefficient (Wildman–Crippen LogP) is 5.12. The third-order valence-electron chi connectivity index (χ3n) is 6.18. The highest BCUT2D eigenvalue weighted by atomic mass is 32.1. The molecule has 36 heavy (non-hydrogen) atoms. The highest BCUT2D eigenvalue weighted by Crippen LogP contribution is 2.38. The molecule has 1 atom stereocenters. The standard InChI is InChI=1S/C25H19F2N7OS/c26-15-6-7-19(27)17(12-15)21-5-3-10-33(21)16-8-11-34-22(13-16)18(14-29-34)23(35)30-25-32-31-24(36-25)20-4-1-2-9-28-20/h1-2,4,6-9,11-14,21H,3,5,10H2,(H,30,32,35)/t21-/m1/s1. The second-order valence-electron chi connectivity index (χ2n) is 8.37. The molecule has 6 rings (SSSR count). The minimum atomic E-state index is -0.466. The Morgan fingerprint density at radius 3 is 2.89 bits per heavy atom. The second-order valence-corrected chi connectivity index (χ2v) is 9.35. The molecule has 0 saturated carbocycles. The zero-order valence-electron chi connectivity index (χ0n) is 18.8. The number of hydrogen-bond donors (Lipinski definition) is 1. The predicted molar refractivity (Wildman–Crippen MR) is 132 cm³/mol. The number of carbonyl (C=O) groups excluding carboxylic acids is 1. The van der Waals surface area contributed by atoms with E-state index in [-0.39, 0.29) is 11.9 Å². The van der Waals surface area contributed by atoms with E-state index < -0.39 is 11.6 Å². The number of fused-ring (bicyclic) bond motifs is 1. The van der Waals surface area contributed by atoms with Crippen LogP contribution in [0.15, 0.2) is 67.1 Å². The van der Waals surface area contributed by atoms with Gasteiger partial charge in [-0.15, -0.1) is 10.2 Å². The normalized spacial score (nSPS) is 15.5. The van der Waals surface area contributed by atoms with Crippen molar-refractivity contribution in [3.05, 3.63) is 89.9 Å². The van der Waals surface area contributed by atoms with Gasteiger partial charge in [0.1, 0.15) is 17.3 Å². The van der Waals surface area contributed by atoms with Crippen molar-refractivity contribution < 1.29 is 13.6 Å². The van der Waals surface area contributed by atoms with Gasteiger partial charge < -0.3 is 4.90 Å². The number of benzene rings is 1. The minimum Gasteiger partial charge on any atom is -0.364 e. The van der Waals surface area contributed by atoms with Gasteiger partial charge in [-0.3, -0.25) is 15.1 Å². The lowest BCUT2D eigenvalue weighted by Crippen LogP contribution is -2.23. The molecule has 8 nitrogen and oxygen atoms in total. The van der Waals surface area contributed by atoms with E-state index >= 15 is 0 Å². The molecule has 1 aromatic carbocycles. The average Bonchev–Trinajstić information content (AvgIpc) is 3.65. The Bertz CT molecular complexity index is 1570. The first kappa shape index (κ1) is 22.2. The Hall–Kier alpha value is -4.25. The lowest BCUT2D eigenvalue weighted by atomic mass is 10.0. The zero-order valence-corrected chi connectivity index (χ0v) is 19.6. The number of halogens is 2. The van der Waals surface area contributed by atoms with Crippen molar-refractivity contribution in [2.45, 2.75) is 18.9 Å². The van der Waals surface area contributed by atoms with Crippen LogP contribution in [0.1, 0.15) is 34.8 Å². The second kappa shape index (κ2) is 9.08. The van der Waals surface area contributed by atoms with Gasteiger partial charge >= 0.3 is 0 Å². The first-order chi connectivity index (χ1) is 17.6. The smallest absolute Gasteiger partial charge is 0.261 e. The molecular formula is C25H19F2N7OS. The van der Waals surface area contributed by atoms with Crippen LogP contribution in [-0.4, -0.2) is 37.2 Å². The summed E-state index contributed by atoms with van der Waals surface area (Å²) in [4.78, 5) is 19.4. The molecular weight excluding hydrogens is 484 g/mol. The lowest BCUT2D eigenvalue weighted by Gasteiger charge is -2.27. The molecule has 11 heteroatoms. The summed E-state index contributed by atoms with van der Waals surface area (Å²) < 4.78 is 30.0. The van der Waals surface area contributed by atoms with Gasteiger partial charge in [-0.25, -0.2) is 13.3 Å². The van der Waals surface area contributed by atoms with Crippen LogP contribution in [0.3, 0.4) is 0 Å². The van der Waals surface area contributed by atoms with Crippen LogP contribution in [0.25, 0.3) is 16.2 Å². The van der Waals surface area contributed by atoms with Crippen molar-refractivity contribution in [1.82, 2.24) is 24.8 Å². The summed E-state index contributed by atoms with van der Waals surface area (Å²) >= 11 is 1.22. The summed E-state index contributed by atoms with van der Waals surface area (Å²) in [6.07, 6.45) is 6.45. The van der Waals surface area contributed by atoms with Crippen LogP contribution in [0.4, 0.5) is 19.6 Å². The van der Waals surface area contributed by atoms with Gasteiger partial charge in [-0.2, -0.15) is 5.10 Å². The molecule has 0 spiro atoms. The largest absolute Gasteiger partial charge is 0.364 e. The number of carbonyl (C=O) groups is 1. The van der Waals surface area contributed by atoms with Crippen molar-refractivity contribution in [3.8, 4) is 10.7 Å². The highest BCUT2D eigenvalue weighted by molar-refractivity contribution is 7.18. The Labute approximate surface area is 208 Å². The van der Waals surface area contributed by atoms with Gasteiger partial charge in [0.2, 0.25) is 5.13 Å². The van der Waals surface area contributed by atoms with E-state index in [4.69, 9.17) is 0 Å². The van der Waals surface area contributed by atoms with Crippen LogP contribution < -0.4 is 10.2 Å². The maximum absolute atomic E-state index is 14.5. The molecule has 1 fully saturated rings. The molecule has 1 saturated heterocycles. The number of amides is 1.